The molecule has 4 nitrogen and oxygen atoms in total. The molecule has 0 atom stereocenters. The average Bonchev–Trinajstić information content (AvgIpc) is 3.81. The Morgan fingerprint density at radius 3 is 1.55 bits per heavy atom. The fraction of sp³-hybridized carbons (Fsp3) is 0. The largest absolute Gasteiger partial charge is 0.309 e. The second kappa shape index (κ2) is 12.2. The zero-order valence-corrected chi connectivity index (χ0v) is 30.8. The summed E-state index contributed by atoms with van der Waals surface area (Å²) in [6.45, 7) is 0. The normalized spacial score (nSPS) is 11.9. The first kappa shape index (κ1) is 31.2. The monoisotopic (exact) mass is 730 g/mol. The molecule has 12 rings (SSSR count). The molecule has 0 N–H and O–H groups in total. The van der Waals surface area contributed by atoms with Crippen LogP contribution in [0.25, 0.3) is 114 Å². The molecule has 0 spiro atoms. The van der Waals surface area contributed by atoms with Crippen LogP contribution in [-0.4, -0.2) is 19.5 Å². The van der Waals surface area contributed by atoms with Crippen molar-refractivity contribution in [3.63, 3.8) is 0 Å². The van der Waals surface area contributed by atoms with E-state index in [9.17, 15) is 0 Å². The SMILES string of the molecule is c1ccc2c(-c3nc(-c4cccc5ccccc45)nc(-c4cc(-n5c6ccccc6c6c7ccccc7ccc65)cc5c4sc4ccccc45)n3)cccc2c1. The third-order valence-electron chi connectivity index (χ3n) is 11.2. The molecule has 3 heterocycles. The third-order valence-corrected chi connectivity index (χ3v) is 12.4. The fourth-order valence-corrected chi connectivity index (χ4v) is 9.90. The maximum atomic E-state index is 5.41. The molecule has 9 aromatic carbocycles. The summed E-state index contributed by atoms with van der Waals surface area (Å²) in [6.07, 6.45) is 0. The Labute approximate surface area is 325 Å². The number of aromatic nitrogens is 4. The number of hydrogen-bond donors (Lipinski definition) is 0. The van der Waals surface area contributed by atoms with Crippen molar-refractivity contribution in [2.45, 2.75) is 0 Å². The highest BCUT2D eigenvalue weighted by Gasteiger charge is 2.22. The van der Waals surface area contributed by atoms with E-state index in [0.29, 0.717) is 17.5 Å². The van der Waals surface area contributed by atoms with E-state index in [1.54, 1.807) is 11.3 Å². The van der Waals surface area contributed by atoms with E-state index in [1.807, 2.05) is 0 Å². The van der Waals surface area contributed by atoms with Gasteiger partial charge >= 0.3 is 0 Å². The smallest absolute Gasteiger partial charge is 0.165 e. The van der Waals surface area contributed by atoms with E-state index in [4.69, 9.17) is 15.0 Å². The molecule has 0 radical (unpaired) electrons. The van der Waals surface area contributed by atoms with Crippen molar-refractivity contribution < 1.29 is 0 Å². The highest BCUT2D eigenvalue weighted by molar-refractivity contribution is 7.26. The number of benzene rings is 9. The first-order chi connectivity index (χ1) is 27.8. The molecule has 0 unspecified atom stereocenters. The van der Waals surface area contributed by atoms with Crippen LogP contribution in [0.2, 0.25) is 0 Å². The van der Waals surface area contributed by atoms with Gasteiger partial charge in [0.2, 0.25) is 0 Å². The highest BCUT2D eigenvalue weighted by atomic mass is 32.1. The molecule has 260 valence electrons. The zero-order chi connectivity index (χ0) is 36.7. The third kappa shape index (κ3) is 4.68. The zero-order valence-electron chi connectivity index (χ0n) is 30.0. The number of nitrogens with zero attached hydrogens (tertiary/aromatic N) is 4. The van der Waals surface area contributed by atoms with Crippen molar-refractivity contribution in [2.24, 2.45) is 0 Å². The van der Waals surface area contributed by atoms with E-state index >= 15 is 0 Å². The minimum Gasteiger partial charge on any atom is -0.309 e. The summed E-state index contributed by atoms with van der Waals surface area (Å²) in [5.74, 6) is 1.95. The molecule has 0 fully saturated rings. The Hall–Kier alpha value is -7.21. The molecule has 0 amide bonds. The van der Waals surface area contributed by atoms with Gasteiger partial charge in [0.25, 0.3) is 0 Å². The molecule has 0 aliphatic rings. The van der Waals surface area contributed by atoms with Crippen LogP contribution in [0.3, 0.4) is 0 Å². The van der Waals surface area contributed by atoms with Gasteiger partial charge in [0.05, 0.1) is 11.0 Å². The van der Waals surface area contributed by atoms with Crippen molar-refractivity contribution >= 4 is 85.6 Å². The van der Waals surface area contributed by atoms with Crippen molar-refractivity contribution in [1.29, 1.82) is 0 Å². The molecule has 56 heavy (non-hydrogen) atoms. The van der Waals surface area contributed by atoms with Crippen LogP contribution in [0.4, 0.5) is 0 Å². The lowest BCUT2D eigenvalue weighted by Gasteiger charge is -2.14. The van der Waals surface area contributed by atoms with Gasteiger partial charge in [-0.3, -0.25) is 0 Å². The van der Waals surface area contributed by atoms with Crippen molar-refractivity contribution in [3.05, 3.63) is 182 Å². The van der Waals surface area contributed by atoms with Crippen LogP contribution < -0.4 is 0 Å². The van der Waals surface area contributed by atoms with Crippen LogP contribution in [-0.2, 0) is 0 Å². The molecule has 0 aliphatic heterocycles. The van der Waals surface area contributed by atoms with Crippen LogP contribution in [0.1, 0.15) is 0 Å². The minimum absolute atomic E-state index is 0.649. The summed E-state index contributed by atoms with van der Waals surface area (Å²) in [5, 5.41) is 11.9. The highest BCUT2D eigenvalue weighted by Crippen LogP contribution is 2.44. The topological polar surface area (TPSA) is 43.6 Å². The van der Waals surface area contributed by atoms with Gasteiger partial charge in [-0.2, -0.15) is 0 Å². The summed E-state index contributed by atoms with van der Waals surface area (Å²) < 4.78 is 4.80. The van der Waals surface area contributed by atoms with Gasteiger partial charge < -0.3 is 4.57 Å². The molecule has 0 saturated heterocycles. The first-order valence-electron chi connectivity index (χ1n) is 18.9. The summed E-state index contributed by atoms with van der Waals surface area (Å²) in [5.41, 5.74) is 6.33. The van der Waals surface area contributed by atoms with E-state index < -0.39 is 0 Å². The average molecular weight is 731 g/mol. The molecule has 0 saturated carbocycles. The molecule has 5 heteroatoms. The maximum Gasteiger partial charge on any atom is 0.165 e. The Balaban J connectivity index is 1.21. The Bertz CT molecular complexity index is 3450. The van der Waals surface area contributed by atoms with Gasteiger partial charge in [-0.05, 0) is 62.6 Å². The molecule has 3 aromatic heterocycles. The second-order valence-corrected chi connectivity index (χ2v) is 15.4. The Morgan fingerprint density at radius 2 is 0.875 bits per heavy atom. The van der Waals surface area contributed by atoms with Gasteiger partial charge in [0.15, 0.2) is 17.5 Å². The van der Waals surface area contributed by atoms with E-state index in [0.717, 1.165) is 54.1 Å². The van der Waals surface area contributed by atoms with Crippen LogP contribution >= 0.6 is 11.3 Å². The van der Waals surface area contributed by atoms with Crippen molar-refractivity contribution in [1.82, 2.24) is 19.5 Å². The summed E-state index contributed by atoms with van der Waals surface area (Å²) >= 11 is 1.80. The van der Waals surface area contributed by atoms with Crippen molar-refractivity contribution in [3.8, 4) is 39.9 Å². The lowest BCUT2D eigenvalue weighted by Crippen LogP contribution is -2.02. The predicted octanol–water partition coefficient (Wildman–Crippen LogP) is 13.8. The number of fused-ring (bicyclic) bond motifs is 10. The summed E-state index contributed by atoms with van der Waals surface area (Å²) in [7, 11) is 0. The van der Waals surface area contributed by atoms with E-state index in [2.05, 4.69) is 187 Å². The number of thiophene rings is 1. The first-order valence-corrected chi connectivity index (χ1v) is 19.7. The number of para-hydroxylation sites is 1. The standard InChI is InChI=1S/C51H30N4S/c1-4-18-35-31(13-1)16-11-23-39(35)49-52-50(40-24-12-17-32-14-2-5-19-36(32)40)54-51(53-49)43-30-34(29-42-38-21-8-10-26-46(38)56-48(42)43)55-44-25-9-7-22-41(44)47-37-20-6-3-15-33(37)27-28-45(47)55/h1-30H. The van der Waals surface area contributed by atoms with Crippen LogP contribution in [0.15, 0.2) is 182 Å². The Kier molecular flexibility index (Phi) is 6.76. The summed E-state index contributed by atoms with van der Waals surface area (Å²) in [4.78, 5) is 16.1. The predicted molar refractivity (Wildman–Crippen MR) is 236 cm³/mol. The second-order valence-electron chi connectivity index (χ2n) is 14.4. The van der Waals surface area contributed by atoms with E-state index in [-0.39, 0.29) is 0 Å². The maximum absolute atomic E-state index is 5.41. The quantitative estimate of drug-likeness (QED) is 0.181. The number of rotatable bonds is 4. The lowest BCUT2D eigenvalue weighted by atomic mass is 10.0. The van der Waals surface area contributed by atoms with Crippen LogP contribution in [0, 0.1) is 0 Å². The molecule has 0 bridgehead atoms. The van der Waals surface area contributed by atoms with Gasteiger partial charge in [-0.1, -0.05) is 152 Å². The van der Waals surface area contributed by atoms with E-state index in [1.165, 1.54) is 42.5 Å². The summed E-state index contributed by atoms with van der Waals surface area (Å²) in [6, 6.07) is 65.0. The molecule has 0 aliphatic carbocycles. The minimum atomic E-state index is 0.649. The van der Waals surface area contributed by atoms with Gasteiger partial charge in [0, 0.05) is 53.3 Å². The van der Waals surface area contributed by atoms with Crippen LogP contribution in [0.5, 0.6) is 0 Å². The van der Waals surface area contributed by atoms with Gasteiger partial charge in [-0.15, -0.1) is 11.3 Å². The van der Waals surface area contributed by atoms with Gasteiger partial charge in [-0.25, -0.2) is 15.0 Å². The molecular weight excluding hydrogens is 701 g/mol. The van der Waals surface area contributed by atoms with Crippen molar-refractivity contribution in [2.75, 3.05) is 0 Å². The Morgan fingerprint density at radius 1 is 0.357 bits per heavy atom. The molecule has 12 aromatic rings. The molecular formula is C51H30N4S. The lowest BCUT2D eigenvalue weighted by molar-refractivity contribution is 1.08. The van der Waals surface area contributed by atoms with Gasteiger partial charge in [0.1, 0.15) is 0 Å². The number of hydrogen-bond acceptors (Lipinski definition) is 4. The fourth-order valence-electron chi connectivity index (χ4n) is 8.70.